The van der Waals surface area contributed by atoms with E-state index in [9.17, 15) is 9.59 Å². The van der Waals surface area contributed by atoms with Gasteiger partial charge in [-0.2, -0.15) is 0 Å². The van der Waals surface area contributed by atoms with Crippen LogP contribution in [0.5, 0.6) is 0 Å². The molecule has 0 saturated heterocycles. The first-order valence-electron chi connectivity index (χ1n) is 7.50. The second kappa shape index (κ2) is 5.22. The van der Waals surface area contributed by atoms with Crippen LogP contribution in [0.1, 0.15) is 16.7 Å². The van der Waals surface area contributed by atoms with Crippen LogP contribution in [0.15, 0.2) is 23.0 Å². The lowest BCUT2D eigenvalue weighted by atomic mass is 10.0. The molecule has 3 rings (SSSR count). The van der Waals surface area contributed by atoms with E-state index in [1.54, 1.807) is 18.5 Å². The van der Waals surface area contributed by atoms with Crippen LogP contribution in [0.3, 0.4) is 0 Å². The second-order valence-corrected chi connectivity index (χ2v) is 6.23. The number of pyridine rings is 1. The molecule has 0 N–H and O–H groups in total. The maximum atomic E-state index is 12.8. The molecule has 0 aliphatic heterocycles. The largest absolute Gasteiger partial charge is 0.351 e. The van der Waals surface area contributed by atoms with Crippen LogP contribution in [-0.4, -0.2) is 39.1 Å². The number of hydrogen-bond donors (Lipinski definition) is 0. The highest BCUT2D eigenvalue weighted by Gasteiger charge is 2.16. The molecular formula is C17H20N4O2. The number of benzene rings is 1. The smallest absolute Gasteiger partial charge is 0.347 e. The molecule has 2 heterocycles. The van der Waals surface area contributed by atoms with Gasteiger partial charge in [0.25, 0.3) is 0 Å². The van der Waals surface area contributed by atoms with Crippen molar-refractivity contribution in [3.05, 3.63) is 45.4 Å². The number of carbonyl (C=O) groups is 1. The highest BCUT2D eigenvalue weighted by Crippen LogP contribution is 2.23. The molecule has 6 heteroatoms. The number of aromatic nitrogens is 3. The molecule has 0 unspecified atom stereocenters. The quantitative estimate of drug-likeness (QED) is 0.723. The van der Waals surface area contributed by atoms with E-state index >= 15 is 0 Å². The minimum atomic E-state index is -0.283. The predicted molar refractivity (Wildman–Crippen MR) is 89.9 cm³/mol. The van der Waals surface area contributed by atoms with E-state index in [1.165, 1.54) is 9.58 Å². The van der Waals surface area contributed by atoms with Gasteiger partial charge in [0.15, 0.2) is 5.65 Å². The lowest BCUT2D eigenvalue weighted by Gasteiger charge is -2.08. The minimum absolute atomic E-state index is 0.0563. The number of amides is 1. The highest BCUT2D eigenvalue weighted by molar-refractivity contribution is 5.87. The van der Waals surface area contributed by atoms with Crippen molar-refractivity contribution in [2.75, 3.05) is 14.1 Å². The fraction of sp³-hybridized carbons (Fsp3) is 0.353. The third-order valence-corrected chi connectivity index (χ3v) is 4.09. The van der Waals surface area contributed by atoms with E-state index in [1.807, 2.05) is 32.9 Å². The first-order chi connectivity index (χ1) is 10.8. The van der Waals surface area contributed by atoms with Crippen molar-refractivity contribution in [1.82, 2.24) is 19.1 Å². The third-order valence-electron chi connectivity index (χ3n) is 4.09. The summed E-state index contributed by atoms with van der Waals surface area (Å²) < 4.78 is 2.84. The summed E-state index contributed by atoms with van der Waals surface area (Å²) in [7, 11) is 3.33. The number of rotatable bonds is 2. The normalized spacial score (nSPS) is 11.3. The van der Waals surface area contributed by atoms with Gasteiger partial charge in [0.05, 0.1) is 5.52 Å². The first kappa shape index (κ1) is 15.3. The van der Waals surface area contributed by atoms with Crippen LogP contribution in [0.4, 0.5) is 0 Å². The lowest BCUT2D eigenvalue weighted by molar-refractivity contribution is -0.129. The molecule has 0 atom stereocenters. The Bertz CT molecular complexity index is 995. The Morgan fingerprint density at radius 3 is 2.48 bits per heavy atom. The topological polar surface area (TPSA) is 59.6 Å². The summed E-state index contributed by atoms with van der Waals surface area (Å²) in [6, 6.07) is 6.12. The first-order valence-corrected chi connectivity index (χ1v) is 7.50. The molecule has 0 aliphatic rings. The van der Waals surface area contributed by atoms with Gasteiger partial charge in [-0.1, -0.05) is 6.07 Å². The molecule has 0 fully saturated rings. The Morgan fingerprint density at radius 2 is 1.83 bits per heavy atom. The average molecular weight is 312 g/mol. The summed E-state index contributed by atoms with van der Waals surface area (Å²) >= 11 is 0. The molecule has 1 aromatic carbocycles. The average Bonchev–Trinajstić information content (AvgIpc) is 2.78. The van der Waals surface area contributed by atoms with E-state index < -0.39 is 0 Å². The summed E-state index contributed by atoms with van der Waals surface area (Å²) in [6.45, 7) is 5.91. The molecule has 3 aromatic rings. The van der Waals surface area contributed by atoms with Crippen LogP contribution >= 0.6 is 0 Å². The molecule has 6 nitrogen and oxygen atoms in total. The Labute approximate surface area is 133 Å². The van der Waals surface area contributed by atoms with Gasteiger partial charge in [0, 0.05) is 19.5 Å². The van der Waals surface area contributed by atoms with Crippen molar-refractivity contribution in [1.29, 1.82) is 0 Å². The van der Waals surface area contributed by atoms with Crippen molar-refractivity contribution in [3.8, 4) is 0 Å². The van der Waals surface area contributed by atoms with Crippen LogP contribution in [0, 0.1) is 20.8 Å². The number of likely N-dealkylation sites (N-methyl/N-ethyl adjacent to an activating group) is 1. The fourth-order valence-corrected chi connectivity index (χ4v) is 2.86. The maximum absolute atomic E-state index is 12.8. The summed E-state index contributed by atoms with van der Waals surface area (Å²) in [5.41, 5.74) is 4.26. The van der Waals surface area contributed by atoms with Crippen LogP contribution in [-0.2, 0) is 11.3 Å². The minimum Gasteiger partial charge on any atom is -0.347 e. The van der Waals surface area contributed by atoms with E-state index in [0.29, 0.717) is 5.65 Å². The van der Waals surface area contributed by atoms with Gasteiger partial charge in [0.1, 0.15) is 6.54 Å². The monoisotopic (exact) mass is 312 g/mol. The molecule has 120 valence electrons. The molecule has 0 spiro atoms. The SMILES string of the molecule is Cc1cc(C)c2cc(C)c3nn(CC(=O)N(C)C)c(=O)n3c2c1. The van der Waals surface area contributed by atoms with E-state index in [2.05, 4.69) is 11.2 Å². The van der Waals surface area contributed by atoms with E-state index in [-0.39, 0.29) is 18.1 Å². The van der Waals surface area contributed by atoms with Crippen LogP contribution < -0.4 is 5.69 Å². The molecule has 23 heavy (non-hydrogen) atoms. The Morgan fingerprint density at radius 1 is 1.13 bits per heavy atom. The maximum Gasteiger partial charge on any atom is 0.351 e. The van der Waals surface area contributed by atoms with Gasteiger partial charge in [0.2, 0.25) is 5.91 Å². The van der Waals surface area contributed by atoms with Gasteiger partial charge < -0.3 is 4.90 Å². The molecule has 2 aromatic heterocycles. The lowest BCUT2D eigenvalue weighted by Crippen LogP contribution is -2.32. The molecule has 0 aliphatic carbocycles. The summed E-state index contributed by atoms with van der Waals surface area (Å²) in [5, 5.41) is 5.39. The highest BCUT2D eigenvalue weighted by atomic mass is 16.2. The number of fused-ring (bicyclic) bond motifs is 3. The zero-order chi connectivity index (χ0) is 16.9. The third kappa shape index (κ3) is 2.40. The molecule has 0 radical (unpaired) electrons. The van der Waals surface area contributed by atoms with Gasteiger partial charge in [-0.05, 0) is 49.6 Å². The van der Waals surface area contributed by atoms with E-state index in [4.69, 9.17) is 0 Å². The fourth-order valence-electron chi connectivity index (χ4n) is 2.86. The Hall–Kier alpha value is -2.63. The van der Waals surface area contributed by atoms with Crippen molar-refractivity contribution in [2.24, 2.45) is 0 Å². The standard InChI is InChI=1S/C17H20N4O2/c1-10-6-11(2)13-8-12(3)16-18-20(9-15(22)19(4)5)17(23)21(16)14(13)7-10/h6-8H,9H2,1-5H3. The number of carbonyl (C=O) groups excluding carboxylic acids is 1. The van der Waals surface area contributed by atoms with Crippen LogP contribution in [0.25, 0.3) is 16.6 Å². The molecular weight excluding hydrogens is 292 g/mol. The van der Waals surface area contributed by atoms with Crippen LogP contribution in [0.2, 0.25) is 0 Å². The zero-order valence-corrected chi connectivity index (χ0v) is 14.0. The van der Waals surface area contributed by atoms with E-state index in [0.717, 1.165) is 27.6 Å². The number of aryl methyl sites for hydroxylation is 3. The Kier molecular flexibility index (Phi) is 3.47. The number of nitrogens with zero attached hydrogens (tertiary/aromatic N) is 4. The second-order valence-electron chi connectivity index (χ2n) is 6.23. The summed E-state index contributed by atoms with van der Waals surface area (Å²) in [5.74, 6) is -0.162. The Balaban J connectivity index is 2.36. The zero-order valence-electron chi connectivity index (χ0n) is 14.0. The summed E-state index contributed by atoms with van der Waals surface area (Å²) in [6.07, 6.45) is 0. The van der Waals surface area contributed by atoms with Crippen molar-refractivity contribution in [3.63, 3.8) is 0 Å². The molecule has 0 saturated carbocycles. The van der Waals surface area contributed by atoms with Crippen molar-refractivity contribution >= 4 is 22.5 Å². The number of hydrogen-bond acceptors (Lipinski definition) is 3. The predicted octanol–water partition coefficient (Wildman–Crippen LogP) is 1.66. The molecule has 1 amide bonds. The van der Waals surface area contributed by atoms with Gasteiger partial charge in [-0.15, -0.1) is 5.10 Å². The van der Waals surface area contributed by atoms with Gasteiger partial charge >= 0.3 is 5.69 Å². The van der Waals surface area contributed by atoms with Crippen molar-refractivity contribution in [2.45, 2.75) is 27.3 Å². The summed E-state index contributed by atoms with van der Waals surface area (Å²) in [4.78, 5) is 26.1. The van der Waals surface area contributed by atoms with Gasteiger partial charge in [-0.3, -0.25) is 4.79 Å². The van der Waals surface area contributed by atoms with Gasteiger partial charge in [-0.25, -0.2) is 13.9 Å². The van der Waals surface area contributed by atoms with Crippen molar-refractivity contribution < 1.29 is 4.79 Å². The molecule has 0 bridgehead atoms.